The summed E-state index contributed by atoms with van der Waals surface area (Å²) in [6.07, 6.45) is 0. The molecule has 3 rings (SSSR count). The zero-order valence-corrected chi connectivity index (χ0v) is 16.1. The van der Waals surface area contributed by atoms with Gasteiger partial charge in [0.1, 0.15) is 11.6 Å². The Morgan fingerprint density at radius 3 is 2.24 bits per heavy atom. The van der Waals surface area contributed by atoms with E-state index < -0.39 is 17.5 Å². The van der Waals surface area contributed by atoms with Gasteiger partial charge in [-0.1, -0.05) is 12.1 Å². The molecule has 0 aromatic heterocycles. The highest BCUT2D eigenvalue weighted by Gasteiger charge is 2.17. The van der Waals surface area contributed by atoms with E-state index in [9.17, 15) is 18.4 Å². The lowest BCUT2D eigenvalue weighted by molar-refractivity contribution is 0.0985. The average Bonchev–Trinajstić information content (AvgIpc) is 2.70. The first-order valence-electron chi connectivity index (χ1n) is 9.14. The predicted molar refractivity (Wildman–Crippen MR) is 109 cm³/mol. The van der Waals surface area contributed by atoms with Crippen molar-refractivity contribution in [2.75, 3.05) is 16.8 Å². The molecule has 0 spiro atoms. The molecule has 0 aliphatic heterocycles. The van der Waals surface area contributed by atoms with Crippen LogP contribution in [0.25, 0.3) is 0 Å². The zero-order valence-electron chi connectivity index (χ0n) is 16.1. The number of nitrogens with zero attached hydrogens (tertiary/aromatic N) is 1. The van der Waals surface area contributed by atoms with Crippen LogP contribution in [0, 0.1) is 18.6 Å². The SMILES string of the molecule is CCN(C(=O)c1ccc(C(=O)Nc2ccc(F)cc2F)cc1)c1cccc(C)c1. The van der Waals surface area contributed by atoms with Gasteiger partial charge < -0.3 is 10.2 Å². The van der Waals surface area contributed by atoms with Crippen molar-refractivity contribution in [3.63, 3.8) is 0 Å². The van der Waals surface area contributed by atoms with Gasteiger partial charge in [-0.2, -0.15) is 0 Å². The summed E-state index contributed by atoms with van der Waals surface area (Å²) in [5.74, 6) is -2.32. The highest BCUT2D eigenvalue weighted by molar-refractivity contribution is 6.08. The van der Waals surface area contributed by atoms with Crippen LogP contribution in [-0.4, -0.2) is 18.4 Å². The molecule has 0 fully saturated rings. The van der Waals surface area contributed by atoms with Gasteiger partial charge in [-0.3, -0.25) is 9.59 Å². The number of halogens is 2. The Balaban J connectivity index is 1.76. The summed E-state index contributed by atoms with van der Waals surface area (Å²) < 4.78 is 26.7. The van der Waals surface area contributed by atoms with Crippen molar-refractivity contribution in [3.8, 4) is 0 Å². The van der Waals surface area contributed by atoms with Crippen molar-refractivity contribution in [1.29, 1.82) is 0 Å². The van der Waals surface area contributed by atoms with E-state index in [1.807, 2.05) is 38.1 Å². The highest BCUT2D eigenvalue weighted by Crippen LogP contribution is 2.20. The lowest BCUT2D eigenvalue weighted by Crippen LogP contribution is -2.30. The molecule has 3 aromatic rings. The number of hydrogen-bond donors (Lipinski definition) is 1. The van der Waals surface area contributed by atoms with Crippen LogP contribution in [0.4, 0.5) is 20.2 Å². The monoisotopic (exact) mass is 394 g/mol. The quantitative estimate of drug-likeness (QED) is 0.647. The van der Waals surface area contributed by atoms with Crippen molar-refractivity contribution in [3.05, 3.63) is 95.1 Å². The standard InChI is InChI=1S/C23H20F2N2O2/c1-3-27(19-6-4-5-15(2)13-19)23(29)17-9-7-16(8-10-17)22(28)26-21-12-11-18(24)14-20(21)25/h4-14H,3H2,1-2H3,(H,26,28). The van der Waals surface area contributed by atoms with Crippen molar-refractivity contribution < 1.29 is 18.4 Å². The van der Waals surface area contributed by atoms with Gasteiger partial charge in [0.2, 0.25) is 0 Å². The minimum atomic E-state index is -0.859. The summed E-state index contributed by atoms with van der Waals surface area (Å²) in [4.78, 5) is 26.8. The molecular formula is C23H20F2N2O2. The third kappa shape index (κ3) is 4.66. The summed E-state index contributed by atoms with van der Waals surface area (Å²) in [5, 5.41) is 2.39. The number of hydrogen-bond acceptors (Lipinski definition) is 2. The molecule has 3 aromatic carbocycles. The van der Waals surface area contributed by atoms with Gasteiger partial charge in [-0.25, -0.2) is 8.78 Å². The fourth-order valence-corrected chi connectivity index (χ4v) is 2.94. The highest BCUT2D eigenvalue weighted by atomic mass is 19.1. The van der Waals surface area contributed by atoms with E-state index in [0.717, 1.165) is 23.4 Å². The summed E-state index contributed by atoms with van der Waals surface area (Å²) in [6, 6.07) is 16.7. The summed E-state index contributed by atoms with van der Waals surface area (Å²) in [6.45, 7) is 4.34. The molecule has 0 saturated heterocycles. The molecule has 0 heterocycles. The molecule has 0 bridgehead atoms. The third-order valence-electron chi connectivity index (χ3n) is 4.45. The van der Waals surface area contributed by atoms with Crippen LogP contribution in [0.3, 0.4) is 0 Å². The molecule has 0 unspecified atom stereocenters. The molecule has 0 saturated carbocycles. The average molecular weight is 394 g/mol. The van der Waals surface area contributed by atoms with Crippen LogP contribution in [0.5, 0.6) is 0 Å². The van der Waals surface area contributed by atoms with Crippen molar-refractivity contribution >= 4 is 23.2 Å². The molecular weight excluding hydrogens is 374 g/mol. The molecule has 1 N–H and O–H groups in total. The van der Waals surface area contributed by atoms with Crippen molar-refractivity contribution in [2.24, 2.45) is 0 Å². The van der Waals surface area contributed by atoms with Gasteiger partial charge in [0, 0.05) is 29.4 Å². The largest absolute Gasteiger partial charge is 0.319 e. The van der Waals surface area contributed by atoms with Gasteiger partial charge in [0.05, 0.1) is 5.69 Å². The minimum Gasteiger partial charge on any atom is -0.319 e. The van der Waals surface area contributed by atoms with Gasteiger partial charge in [-0.05, 0) is 67.9 Å². The van der Waals surface area contributed by atoms with Crippen molar-refractivity contribution in [1.82, 2.24) is 0 Å². The first kappa shape index (κ1) is 20.2. The molecule has 2 amide bonds. The summed E-state index contributed by atoms with van der Waals surface area (Å²) in [7, 11) is 0. The Kier molecular flexibility index (Phi) is 6.02. The smallest absolute Gasteiger partial charge is 0.258 e. The Morgan fingerprint density at radius 1 is 0.931 bits per heavy atom. The van der Waals surface area contributed by atoms with Crippen LogP contribution in [0.2, 0.25) is 0 Å². The molecule has 6 heteroatoms. The van der Waals surface area contributed by atoms with Crippen LogP contribution >= 0.6 is 0 Å². The first-order chi connectivity index (χ1) is 13.9. The molecule has 29 heavy (non-hydrogen) atoms. The number of nitrogens with one attached hydrogen (secondary N) is 1. The van der Waals surface area contributed by atoms with E-state index >= 15 is 0 Å². The second-order valence-electron chi connectivity index (χ2n) is 6.54. The molecule has 148 valence electrons. The number of amides is 2. The van der Waals surface area contributed by atoms with E-state index in [1.54, 1.807) is 17.0 Å². The van der Waals surface area contributed by atoms with Gasteiger partial charge in [0.15, 0.2) is 0 Å². The summed E-state index contributed by atoms with van der Waals surface area (Å²) >= 11 is 0. The molecule has 0 aliphatic rings. The number of anilines is 2. The minimum absolute atomic E-state index is 0.117. The molecule has 0 aliphatic carbocycles. The third-order valence-corrected chi connectivity index (χ3v) is 4.45. The molecule has 4 nitrogen and oxygen atoms in total. The van der Waals surface area contributed by atoms with Crippen LogP contribution in [0.15, 0.2) is 66.7 Å². The van der Waals surface area contributed by atoms with E-state index in [1.165, 1.54) is 12.1 Å². The van der Waals surface area contributed by atoms with Gasteiger partial charge >= 0.3 is 0 Å². The second kappa shape index (κ2) is 8.65. The van der Waals surface area contributed by atoms with Crippen LogP contribution in [0.1, 0.15) is 33.2 Å². The topological polar surface area (TPSA) is 49.4 Å². The number of carbonyl (C=O) groups is 2. The maximum Gasteiger partial charge on any atom is 0.258 e. The molecule has 0 radical (unpaired) electrons. The summed E-state index contributed by atoms with van der Waals surface area (Å²) in [5.41, 5.74) is 2.41. The predicted octanol–water partition coefficient (Wildman–Crippen LogP) is 5.19. The lowest BCUT2D eigenvalue weighted by Gasteiger charge is -2.21. The normalized spacial score (nSPS) is 10.5. The fraction of sp³-hybridized carbons (Fsp3) is 0.130. The number of rotatable bonds is 5. The fourth-order valence-electron chi connectivity index (χ4n) is 2.94. The van der Waals surface area contributed by atoms with E-state index in [2.05, 4.69) is 5.32 Å². The Morgan fingerprint density at radius 2 is 1.62 bits per heavy atom. The zero-order chi connectivity index (χ0) is 21.0. The van der Waals surface area contributed by atoms with E-state index in [0.29, 0.717) is 18.2 Å². The molecule has 0 atom stereocenters. The maximum absolute atomic E-state index is 13.7. The van der Waals surface area contributed by atoms with Crippen molar-refractivity contribution in [2.45, 2.75) is 13.8 Å². The van der Waals surface area contributed by atoms with E-state index in [4.69, 9.17) is 0 Å². The Labute approximate surface area is 167 Å². The maximum atomic E-state index is 13.7. The van der Waals surface area contributed by atoms with Crippen LogP contribution in [-0.2, 0) is 0 Å². The lowest BCUT2D eigenvalue weighted by atomic mass is 10.1. The first-order valence-corrected chi connectivity index (χ1v) is 9.14. The van der Waals surface area contributed by atoms with Crippen LogP contribution < -0.4 is 10.2 Å². The number of carbonyl (C=O) groups excluding carboxylic acids is 2. The second-order valence-corrected chi connectivity index (χ2v) is 6.54. The van der Waals surface area contributed by atoms with Gasteiger partial charge in [-0.15, -0.1) is 0 Å². The van der Waals surface area contributed by atoms with Gasteiger partial charge in [0.25, 0.3) is 11.8 Å². The Hall–Kier alpha value is -3.54. The van der Waals surface area contributed by atoms with E-state index in [-0.39, 0.29) is 17.2 Å². The number of benzene rings is 3. The Bertz CT molecular complexity index is 1050. The number of aryl methyl sites for hydroxylation is 1.